The third kappa shape index (κ3) is 6.18. The van der Waals surface area contributed by atoms with E-state index in [9.17, 15) is 4.79 Å². The Morgan fingerprint density at radius 3 is 2.88 bits per heavy atom. The average Bonchev–Trinajstić information content (AvgIpc) is 2.85. The maximum Gasteiger partial charge on any atom is 0.163 e. The van der Waals surface area contributed by atoms with Crippen LogP contribution in [0.15, 0.2) is 0 Å². The van der Waals surface area contributed by atoms with Gasteiger partial charge >= 0.3 is 0 Å². The molecule has 1 rings (SSSR count). The maximum absolute atomic E-state index is 11.7. The lowest BCUT2D eigenvalue weighted by atomic mass is 10.0. The molecule has 0 bridgehead atoms. The van der Waals surface area contributed by atoms with Gasteiger partial charge in [0.1, 0.15) is 6.61 Å². The van der Waals surface area contributed by atoms with Crippen molar-refractivity contribution in [3.05, 3.63) is 0 Å². The lowest BCUT2D eigenvalue weighted by molar-refractivity contribution is -0.129. The van der Waals surface area contributed by atoms with Gasteiger partial charge in [-0.05, 0) is 19.8 Å². The van der Waals surface area contributed by atoms with E-state index in [0.29, 0.717) is 6.61 Å². The molecule has 0 radical (unpaired) electrons. The summed E-state index contributed by atoms with van der Waals surface area (Å²) in [6.45, 7) is 5.85. The topological polar surface area (TPSA) is 35.5 Å². The maximum atomic E-state index is 11.7. The molecule has 0 aromatic rings. The summed E-state index contributed by atoms with van der Waals surface area (Å²) in [5.74, 6) is 0.296. The summed E-state index contributed by atoms with van der Waals surface area (Å²) in [5, 5.41) is 0. The molecular weight excluding hydrogens is 216 g/mol. The minimum absolute atomic E-state index is 0.0855. The molecule has 100 valence electrons. The van der Waals surface area contributed by atoms with Crippen LogP contribution in [-0.4, -0.2) is 31.7 Å². The van der Waals surface area contributed by atoms with Gasteiger partial charge < -0.3 is 9.47 Å². The van der Waals surface area contributed by atoms with Gasteiger partial charge in [-0.25, -0.2) is 0 Å². The van der Waals surface area contributed by atoms with E-state index < -0.39 is 0 Å². The molecule has 3 nitrogen and oxygen atoms in total. The number of hydrogen-bond donors (Lipinski definition) is 0. The van der Waals surface area contributed by atoms with Gasteiger partial charge in [0.15, 0.2) is 5.78 Å². The predicted octanol–water partition coefficient (Wildman–Crippen LogP) is 2.97. The molecule has 1 saturated heterocycles. The summed E-state index contributed by atoms with van der Waals surface area (Å²) < 4.78 is 10.8. The molecule has 0 spiro atoms. The van der Waals surface area contributed by atoms with Crippen LogP contribution in [-0.2, 0) is 14.3 Å². The van der Waals surface area contributed by atoms with Gasteiger partial charge in [0, 0.05) is 12.5 Å². The van der Waals surface area contributed by atoms with Gasteiger partial charge in [0.25, 0.3) is 0 Å². The molecule has 0 amide bonds. The zero-order valence-corrected chi connectivity index (χ0v) is 11.2. The van der Waals surface area contributed by atoms with E-state index in [0.717, 1.165) is 19.4 Å². The normalized spacial score (nSPS) is 21.6. The Labute approximate surface area is 105 Å². The van der Waals surface area contributed by atoms with Crippen molar-refractivity contribution < 1.29 is 14.3 Å². The van der Waals surface area contributed by atoms with Crippen molar-refractivity contribution in [3.63, 3.8) is 0 Å². The van der Waals surface area contributed by atoms with Gasteiger partial charge in [-0.1, -0.05) is 32.6 Å². The highest BCUT2D eigenvalue weighted by atomic mass is 16.5. The second-order valence-corrected chi connectivity index (χ2v) is 5.00. The van der Waals surface area contributed by atoms with Crippen molar-refractivity contribution in [3.8, 4) is 0 Å². The van der Waals surface area contributed by atoms with E-state index in [-0.39, 0.29) is 24.4 Å². The first-order valence-corrected chi connectivity index (χ1v) is 6.96. The molecule has 1 aliphatic rings. The molecule has 17 heavy (non-hydrogen) atoms. The largest absolute Gasteiger partial charge is 0.381 e. The van der Waals surface area contributed by atoms with Crippen LogP contribution >= 0.6 is 0 Å². The van der Waals surface area contributed by atoms with Crippen molar-refractivity contribution in [2.75, 3.05) is 19.8 Å². The first-order chi connectivity index (χ1) is 8.24. The number of carbonyl (C=O) groups is 1. The van der Waals surface area contributed by atoms with Crippen molar-refractivity contribution in [1.29, 1.82) is 0 Å². The Kier molecular flexibility index (Phi) is 7.45. The summed E-state index contributed by atoms with van der Waals surface area (Å²) in [6.07, 6.45) is 7.17. The van der Waals surface area contributed by atoms with E-state index in [1.807, 2.05) is 0 Å². The van der Waals surface area contributed by atoms with E-state index in [4.69, 9.17) is 9.47 Å². The SMILES string of the molecule is CCCCCCC(C)OCC(=O)C1CCOC1. The highest BCUT2D eigenvalue weighted by molar-refractivity contribution is 5.82. The second kappa shape index (κ2) is 8.65. The molecule has 1 aliphatic heterocycles. The first-order valence-electron chi connectivity index (χ1n) is 6.96. The van der Waals surface area contributed by atoms with Gasteiger partial charge in [0.05, 0.1) is 12.7 Å². The Hall–Kier alpha value is -0.410. The standard InChI is InChI=1S/C14H26O3/c1-3-4-5-6-7-12(2)17-11-14(15)13-8-9-16-10-13/h12-13H,3-11H2,1-2H3. The molecule has 0 saturated carbocycles. The number of rotatable bonds is 9. The summed E-state index contributed by atoms with van der Waals surface area (Å²) in [6, 6.07) is 0. The number of ether oxygens (including phenoxy) is 2. The second-order valence-electron chi connectivity index (χ2n) is 5.00. The molecule has 2 unspecified atom stereocenters. The lowest BCUT2D eigenvalue weighted by Gasteiger charge is -2.13. The number of carbonyl (C=O) groups excluding carboxylic acids is 1. The van der Waals surface area contributed by atoms with Gasteiger partial charge in [-0.2, -0.15) is 0 Å². The van der Waals surface area contributed by atoms with Crippen LogP contribution in [0.5, 0.6) is 0 Å². The first kappa shape index (κ1) is 14.7. The zero-order chi connectivity index (χ0) is 12.5. The summed E-state index contributed by atoms with van der Waals surface area (Å²) in [7, 11) is 0. The highest BCUT2D eigenvalue weighted by Gasteiger charge is 2.23. The molecule has 3 heteroatoms. The highest BCUT2D eigenvalue weighted by Crippen LogP contribution is 2.14. The fraction of sp³-hybridized carbons (Fsp3) is 0.929. The van der Waals surface area contributed by atoms with Crippen molar-refractivity contribution in [2.45, 2.75) is 58.5 Å². The van der Waals surface area contributed by atoms with Crippen molar-refractivity contribution in [1.82, 2.24) is 0 Å². The number of hydrogen-bond acceptors (Lipinski definition) is 3. The fourth-order valence-electron chi connectivity index (χ4n) is 2.07. The monoisotopic (exact) mass is 242 g/mol. The molecule has 0 aromatic carbocycles. The molecule has 2 atom stereocenters. The Balaban J connectivity index is 2.02. The van der Waals surface area contributed by atoms with Gasteiger partial charge in [-0.3, -0.25) is 4.79 Å². The van der Waals surface area contributed by atoms with Crippen LogP contribution in [0.1, 0.15) is 52.4 Å². The number of ketones is 1. The third-order valence-corrected chi connectivity index (χ3v) is 3.36. The van der Waals surface area contributed by atoms with E-state index >= 15 is 0 Å². The quantitative estimate of drug-likeness (QED) is 0.583. The minimum atomic E-state index is 0.0855. The van der Waals surface area contributed by atoms with Gasteiger partial charge in [-0.15, -0.1) is 0 Å². The van der Waals surface area contributed by atoms with E-state index in [1.165, 1.54) is 25.7 Å². The molecule has 1 heterocycles. The molecule has 1 fully saturated rings. The zero-order valence-electron chi connectivity index (χ0n) is 11.2. The molecule has 0 aromatic heterocycles. The fourth-order valence-corrected chi connectivity index (χ4v) is 2.07. The van der Waals surface area contributed by atoms with Crippen LogP contribution in [0.4, 0.5) is 0 Å². The van der Waals surface area contributed by atoms with Gasteiger partial charge in [0.2, 0.25) is 0 Å². The van der Waals surface area contributed by atoms with Crippen LogP contribution in [0.2, 0.25) is 0 Å². The number of unbranched alkanes of at least 4 members (excludes halogenated alkanes) is 3. The predicted molar refractivity (Wildman–Crippen MR) is 68.1 cm³/mol. The Morgan fingerprint density at radius 1 is 1.41 bits per heavy atom. The average molecular weight is 242 g/mol. The Morgan fingerprint density at radius 2 is 2.24 bits per heavy atom. The van der Waals surface area contributed by atoms with Crippen LogP contribution in [0.25, 0.3) is 0 Å². The summed E-state index contributed by atoms with van der Waals surface area (Å²) in [4.78, 5) is 11.7. The van der Waals surface area contributed by atoms with Crippen LogP contribution < -0.4 is 0 Å². The summed E-state index contributed by atoms with van der Waals surface area (Å²) >= 11 is 0. The van der Waals surface area contributed by atoms with Crippen molar-refractivity contribution in [2.24, 2.45) is 5.92 Å². The lowest BCUT2D eigenvalue weighted by Crippen LogP contribution is -2.23. The van der Waals surface area contributed by atoms with Crippen LogP contribution in [0.3, 0.4) is 0 Å². The van der Waals surface area contributed by atoms with Crippen LogP contribution in [0, 0.1) is 5.92 Å². The molecular formula is C14H26O3. The minimum Gasteiger partial charge on any atom is -0.381 e. The number of Topliss-reactive ketones (excluding diaryl/α,β-unsaturated/α-hetero) is 1. The smallest absolute Gasteiger partial charge is 0.163 e. The third-order valence-electron chi connectivity index (χ3n) is 3.36. The Bertz CT molecular complexity index is 210. The van der Waals surface area contributed by atoms with E-state index in [1.54, 1.807) is 0 Å². The molecule has 0 N–H and O–H groups in total. The van der Waals surface area contributed by atoms with E-state index in [2.05, 4.69) is 13.8 Å². The molecule has 0 aliphatic carbocycles. The van der Waals surface area contributed by atoms with Crippen molar-refractivity contribution >= 4 is 5.78 Å². The summed E-state index contributed by atoms with van der Waals surface area (Å²) in [5.41, 5.74) is 0.